The quantitative estimate of drug-likeness (QED) is 0.695. The van der Waals surface area contributed by atoms with E-state index in [1.165, 1.54) is 0 Å². The standard InChI is InChI=1S/C12H16O2S/c1-3-14-11-6-4-5-10(9-11)12(13)7-8-15-2/h4-6,9H,3,7-8H2,1-2H3. The summed E-state index contributed by atoms with van der Waals surface area (Å²) < 4.78 is 5.34. The van der Waals surface area contributed by atoms with Gasteiger partial charge in [-0.3, -0.25) is 4.79 Å². The van der Waals surface area contributed by atoms with Gasteiger partial charge in [0.25, 0.3) is 0 Å². The van der Waals surface area contributed by atoms with Crippen molar-refractivity contribution in [3.63, 3.8) is 0 Å². The SMILES string of the molecule is CCOc1cccc(C(=O)CCSC)c1. The number of carbonyl (C=O) groups excluding carboxylic acids is 1. The molecule has 0 aliphatic heterocycles. The molecule has 0 aliphatic rings. The first-order chi connectivity index (χ1) is 7.27. The van der Waals surface area contributed by atoms with Crippen molar-refractivity contribution in [3.05, 3.63) is 29.8 Å². The summed E-state index contributed by atoms with van der Waals surface area (Å²) in [4.78, 5) is 11.7. The molecule has 1 aromatic carbocycles. The molecular weight excluding hydrogens is 208 g/mol. The molecule has 0 fully saturated rings. The Morgan fingerprint density at radius 2 is 2.27 bits per heavy atom. The van der Waals surface area contributed by atoms with Crippen molar-refractivity contribution in [1.29, 1.82) is 0 Å². The summed E-state index contributed by atoms with van der Waals surface area (Å²) >= 11 is 1.69. The van der Waals surface area contributed by atoms with Crippen molar-refractivity contribution in [2.24, 2.45) is 0 Å². The Morgan fingerprint density at radius 1 is 1.47 bits per heavy atom. The first kappa shape index (κ1) is 12.1. The molecular formula is C12H16O2S. The van der Waals surface area contributed by atoms with Gasteiger partial charge in [0.2, 0.25) is 0 Å². The molecule has 0 heterocycles. The Labute approximate surface area is 95.0 Å². The van der Waals surface area contributed by atoms with Crippen LogP contribution < -0.4 is 4.74 Å². The Morgan fingerprint density at radius 3 is 2.93 bits per heavy atom. The fourth-order valence-electron chi connectivity index (χ4n) is 1.27. The van der Waals surface area contributed by atoms with Crippen LogP contribution in [0.1, 0.15) is 23.7 Å². The van der Waals surface area contributed by atoms with Crippen molar-refractivity contribution in [2.45, 2.75) is 13.3 Å². The van der Waals surface area contributed by atoms with E-state index in [9.17, 15) is 4.79 Å². The maximum absolute atomic E-state index is 11.7. The number of thioether (sulfide) groups is 1. The molecule has 0 aromatic heterocycles. The van der Waals surface area contributed by atoms with Gasteiger partial charge in [0.05, 0.1) is 6.61 Å². The van der Waals surface area contributed by atoms with Crippen LogP contribution in [-0.4, -0.2) is 24.4 Å². The second-order valence-electron chi connectivity index (χ2n) is 3.13. The number of hydrogen-bond acceptors (Lipinski definition) is 3. The Balaban J connectivity index is 2.67. The van der Waals surface area contributed by atoms with Crippen LogP contribution in [0, 0.1) is 0 Å². The molecule has 0 spiro atoms. The van der Waals surface area contributed by atoms with Crippen LogP contribution in [0.3, 0.4) is 0 Å². The second-order valence-corrected chi connectivity index (χ2v) is 4.11. The van der Waals surface area contributed by atoms with Crippen LogP contribution in [0.4, 0.5) is 0 Å². The molecule has 0 bridgehead atoms. The van der Waals surface area contributed by atoms with E-state index < -0.39 is 0 Å². The number of ketones is 1. The van der Waals surface area contributed by atoms with E-state index >= 15 is 0 Å². The molecule has 15 heavy (non-hydrogen) atoms. The zero-order valence-electron chi connectivity index (χ0n) is 9.16. The maximum Gasteiger partial charge on any atom is 0.163 e. The van der Waals surface area contributed by atoms with Crippen molar-refractivity contribution < 1.29 is 9.53 Å². The van der Waals surface area contributed by atoms with Crippen molar-refractivity contribution in [2.75, 3.05) is 18.6 Å². The highest BCUT2D eigenvalue weighted by atomic mass is 32.2. The number of rotatable bonds is 6. The molecule has 82 valence electrons. The molecule has 3 heteroatoms. The van der Waals surface area contributed by atoms with Gasteiger partial charge < -0.3 is 4.74 Å². The number of benzene rings is 1. The van der Waals surface area contributed by atoms with E-state index in [-0.39, 0.29) is 5.78 Å². The molecule has 0 N–H and O–H groups in total. The summed E-state index contributed by atoms with van der Waals surface area (Å²) in [6, 6.07) is 7.38. The molecule has 0 saturated heterocycles. The van der Waals surface area contributed by atoms with Crippen LogP contribution in [-0.2, 0) is 0 Å². The van der Waals surface area contributed by atoms with Crippen molar-refractivity contribution >= 4 is 17.5 Å². The smallest absolute Gasteiger partial charge is 0.163 e. The molecule has 1 aromatic rings. The Bertz CT molecular complexity index is 323. The van der Waals surface area contributed by atoms with Gasteiger partial charge in [-0.15, -0.1) is 0 Å². The average Bonchev–Trinajstić information content (AvgIpc) is 2.27. The fourth-order valence-corrected chi connectivity index (χ4v) is 1.65. The lowest BCUT2D eigenvalue weighted by molar-refractivity contribution is 0.0989. The van der Waals surface area contributed by atoms with E-state index in [1.54, 1.807) is 11.8 Å². The first-order valence-corrected chi connectivity index (χ1v) is 6.42. The zero-order valence-corrected chi connectivity index (χ0v) is 9.97. The van der Waals surface area contributed by atoms with Crippen LogP contribution in [0.15, 0.2) is 24.3 Å². The third-order valence-electron chi connectivity index (χ3n) is 2.00. The molecule has 0 unspecified atom stereocenters. The van der Waals surface area contributed by atoms with E-state index in [1.807, 2.05) is 37.4 Å². The minimum Gasteiger partial charge on any atom is -0.494 e. The molecule has 0 aliphatic carbocycles. The largest absolute Gasteiger partial charge is 0.494 e. The number of hydrogen-bond donors (Lipinski definition) is 0. The molecule has 1 rings (SSSR count). The Hall–Kier alpha value is -0.960. The van der Waals surface area contributed by atoms with Crippen molar-refractivity contribution in [3.8, 4) is 5.75 Å². The van der Waals surface area contributed by atoms with E-state index in [0.717, 1.165) is 17.1 Å². The highest BCUT2D eigenvalue weighted by molar-refractivity contribution is 7.98. The fraction of sp³-hybridized carbons (Fsp3) is 0.417. The second kappa shape index (κ2) is 6.51. The molecule has 0 amide bonds. The van der Waals surface area contributed by atoms with Gasteiger partial charge in [-0.1, -0.05) is 12.1 Å². The third-order valence-corrected chi connectivity index (χ3v) is 2.61. The first-order valence-electron chi connectivity index (χ1n) is 5.03. The highest BCUT2D eigenvalue weighted by Crippen LogP contribution is 2.15. The van der Waals surface area contributed by atoms with E-state index in [0.29, 0.717) is 13.0 Å². The summed E-state index contributed by atoms with van der Waals surface area (Å²) in [5, 5.41) is 0. The number of ether oxygens (including phenoxy) is 1. The van der Waals surface area contributed by atoms with Crippen LogP contribution in [0.25, 0.3) is 0 Å². The van der Waals surface area contributed by atoms with Crippen LogP contribution in [0.5, 0.6) is 5.75 Å². The monoisotopic (exact) mass is 224 g/mol. The van der Waals surface area contributed by atoms with Crippen molar-refractivity contribution in [1.82, 2.24) is 0 Å². The molecule has 2 nitrogen and oxygen atoms in total. The van der Waals surface area contributed by atoms with Gasteiger partial charge in [0, 0.05) is 17.7 Å². The molecule has 0 radical (unpaired) electrons. The van der Waals surface area contributed by atoms with Gasteiger partial charge in [-0.05, 0) is 25.3 Å². The van der Waals surface area contributed by atoms with E-state index in [2.05, 4.69) is 0 Å². The van der Waals surface area contributed by atoms with Gasteiger partial charge in [-0.2, -0.15) is 11.8 Å². The van der Waals surface area contributed by atoms with Gasteiger partial charge in [0.1, 0.15) is 5.75 Å². The average molecular weight is 224 g/mol. The topological polar surface area (TPSA) is 26.3 Å². The third kappa shape index (κ3) is 3.96. The number of Topliss-reactive ketones (excluding diaryl/α,β-unsaturated/α-hetero) is 1. The summed E-state index contributed by atoms with van der Waals surface area (Å²) in [5.74, 6) is 1.83. The van der Waals surface area contributed by atoms with Crippen LogP contribution in [0.2, 0.25) is 0 Å². The Kier molecular flexibility index (Phi) is 5.26. The zero-order chi connectivity index (χ0) is 11.1. The normalized spacial score (nSPS) is 10.0. The minimum atomic E-state index is 0.186. The molecule has 0 atom stereocenters. The highest BCUT2D eigenvalue weighted by Gasteiger charge is 2.05. The minimum absolute atomic E-state index is 0.186. The predicted molar refractivity (Wildman–Crippen MR) is 64.9 cm³/mol. The van der Waals surface area contributed by atoms with Crippen LogP contribution >= 0.6 is 11.8 Å². The van der Waals surface area contributed by atoms with Gasteiger partial charge in [0.15, 0.2) is 5.78 Å². The van der Waals surface area contributed by atoms with Gasteiger partial charge in [-0.25, -0.2) is 0 Å². The summed E-state index contributed by atoms with van der Waals surface area (Å²) in [6.45, 7) is 2.56. The predicted octanol–water partition coefficient (Wildman–Crippen LogP) is 3.02. The maximum atomic E-state index is 11.7. The number of carbonyl (C=O) groups is 1. The van der Waals surface area contributed by atoms with E-state index in [4.69, 9.17) is 4.74 Å². The van der Waals surface area contributed by atoms with Gasteiger partial charge >= 0.3 is 0 Å². The summed E-state index contributed by atoms with van der Waals surface area (Å²) in [5.41, 5.74) is 0.745. The molecule has 0 saturated carbocycles. The summed E-state index contributed by atoms with van der Waals surface area (Å²) in [7, 11) is 0. The lowest BCUT2D eigenvalue weighted by atomic mass is 10.1. The summed E-state index contributed by atoms with van der Waals surface area (Å²) in [6.07, 6.45) is 2.60. The lowest BCUT2D eigenvalue weighted by Crippen LogP contribution is -2.01. The lowest BCUT2D eigenvalue weighted by Gasteiger charge is -2.04.